The third kappa shape index (κ3) is 3.18. The molecule has 0 amide bonds. The maximum Gasteiger partial charge on any atom is 0.0408 e. The largest absolute Gasteiger partial charge is 0.309 e. The molecular formula is C14H20ClNS. The fraction of sp³-hybridized carbons (Fsp3) is 0.571. The Kier molecular flexibility index (Phi) is 4.06. The molecule has 1 atom stereocenters. The Balaban J connectivity index is 2.03. The molecule has 1 aliphatic carbocycles. The van der Waals surface area contributed by atoms with Crippen molar-refractivity contribution in [1.82, 2.24) is 5.32 Å². The molecule has 0 spiro atoms. The summed E-state index contributed by atoms with van der Waals surface area (Å²) < 4.78 is 0.301. The van der Waals surface area contributed by atoms with Crippen molar-refractivity contribution in [1.29, 1.82) is 0 Å². The Hall–Kier alpha value is -0.180. The Morgan fingerprint density at radius 1 is 1.47 bits per heavy atom. The second kappa shape index (κ2) is 5.21. The Morgan fingerprint density at radius 2 is 2.24 bits per heavy atom. The predicted octanol–water partition coefficient (Wildman–Crippen LogP) is 4.06. The summed E-state index contributed by atoms with van der Waals surface area (Å²) >= 11 is 7.93. The van der Waals surface area contributed by atoms with E-state index in [1.165, 1.54) is 17.5 Å². The average Bonchev–Trinajstić information content (AvgIpc) is 2.69. The van der Waals surface area contributed by atoms with Gasteiger partial charge in [-0.3, -0.25) is 0 Å². The second-order valence-corrected chi connectivity index (χ2v) is 7.23. The van der Waals surface area contributed by atoms with Gasteiger partial charge >= 0.3 is 0 Å². The zero-order valence-corrected chi connectivity index (χ0v) is 12.3. The topological polar surface area (TPSA) is 12.0 Å². The Bertz CT molecular complexity index is 403. The highest BCUT2D eigenvalue weighted by molar-refractivity contribution is 7.99. The molecule has 0 aromatic heterocycles. The molecule has 0 radical (unpaired) electrons. The first-order valence-corrected chi connectivity index (χ1v) is 7.69. The van der Waals surface area contributed by atoms with Gasteiger partial charge in [-0.05, 0) is 56.2 Å². The first-order chi connectivity index (χ1) is 8.02. The summed E-state index contributed by atoms with van der Waals surface area (Å²) in [6, 6.07) is 6.79. The zero-order valence-electron chi connectivity index (χ0n) is 10.7. The summed E-state index contributed by atoms with van der Waals surface area (Å²) in [4.78, 5) is 0. The summed E-state index contributed by atoms with van der Waals surface area (Å²) in [6.07, 6.45) is 4.51. The maximum absolute atomic E-state index is 6.02. The minimum absolute atomic E-state index is 0.301. The number of rotatable bonds is 4. The molecule has 0 fully saturated rings. The van der Waals surface area contributed by atoms with Crippen LogP contribution in [-0.4, -0.2) is 17.5 Å². The zero-order chi connectivity index (χ0) is 12.5. The number of hydrogen-bond acceptors (Lipinski definition) is 2. The van der Waals surface area contributed by atoms with Crippen LogP contribution in [0.25, 0.3) is 0 Å². The smallest absolute Gasteiger partial charge is 0.0408 e. The fourth-order valence-electron chi connectivity index (χ4n) is 2.24. The van der Waals surface area contributed by atoms with E-state index in [9.17, 15) is 0 Å². The molecular weight excluding hydrogens is 250 g/mol. The molecule has 1 nitrogen and oxygen atoms in total. The van der Waals surface area contributed by atoms with Crippen LogP contribution in [0.3, 0.4) is 0 Å². The lowest BCUT2D eigenvalue weighted by atomic mass is 10.1. The van der Waals surface area contributed by atoms with E-state index in [0.29, 0.717) is 10.8 Å². The molecule has 17 heavy (non-hydrogen) atoms. The number of fused-ring (bicyclic) bond motifs is 1. The molecule has 1 N–H and O–H groups in total. The summed E-state index contributed by atoms with van der Waals surface area (Å²) in [5.74, 6) is 0. The lowest BCUT2D eigenvalue weighted by molar-refractivity contribution is 0.493. The van der Waals surface area contributed by atoms with E-state index in [2.05, 4.69) is 37.6 Å². The van der Waals surface area contributed by atoms with Crippen molar-refractivity contribution >= 4 is 23.4 Å². The highest BCUT2D eigenvalue weighted by Crippen LogP contribution is 2.33. The SMILES string of the molecule is CSC(C)(C)CNC1CCc2cc(Cl)ccc21. The number of thioether (sulfide) groups is 1. The highest BCUT2D eigenvalue weighted by Gasteiger charge is 2.24. The van der Waals surface area contributed by atoms with Gasteiger partial charge in [0.05, 0.1) is 0 Å². The highest BCUT2D eigenvalue weighted by atomic mass is 35.5. The van der Waals surface area contributed by atoms with E-state index >= 15 is 0 Å². The van der Waals surface area contributed by atoms with Crippen LogP contribution in [0.4, 0.5) is 0 Å². The molecule has 0 aliphatic heterocycles. The minimum atomic E-state index is 0.301. The quantitative estimate of drug-likeness (QED) is 0.885. The first kappa shape index (κ1) is 13.3. The van der Waals surface area contributed by atoms with Crippen molar-refractivity contribution in [2.75, 3.05) is 12.8 Å². The standard InChI is InChI=1S/C14H20ClNS/c1-14(2,17-3)9-16-13-7-4-10-8-11(15)5-6-12(10)13/h5-6,8,13,16H,4,7,9H2,1-3H3. The Morgan fingerprint density at radius 3 is 2.94 bits per heavy atom. The van der Waals surface area contributed by atoms with E-state index in [1.807, 2.05) is 17.8 Å². The van der Waals surface area contributed by atoms with Crippen molar-refractivity contribution < 1.29 is 0 Å². The number of nitrogens with one attached hydrogen (secondary N) is 1. The molecule has 0 bridgehead atoms. The van der Waals surface area contributed by atoms with E-state index in [-0.39, 0.29) is 0 Å². The van der Waals surface area contributed by atoms with Crippen LogP contribution in [-0.2, 0) is 6.42 Å². The lowest BCUT2D eigenvalue weighted by Crippen LogP contribution is -2.33. The molecule has 1 aliphatic rings. The third-order valence-electron chi connectivity index (χ3n) is 3.51. The number of hydrogen-bond donors (Lipinski definition) is 1. The Labute approximate surface area is 113 Å². The summed E-state index contributed by atoms with van der Waals surface area (Å²) in [5.41, 5.74) is 2.85. The molecule has 0 saturated carbocycles. The van der Waals surface area contributed by atoms with E-state index in [4.69, 9.17) is 11.6 Å². The van der Waals surface area contributed by atoms with Gasteiger partial charge < -0.3 is 5.32 Å². The van der Waals surface area contributed by atoms with Gasteiger partial charge in [-0.1, -0.05) is 17.7 Å². The predicted molar refractivity (Wildman–Crippen MR) is 78.1 cm³/mol. The van der Waals surface area contributed by atoms with Gasteiger partial charge in [0.15, 0.2) is 0 Å². The van der Waals surface area contributed by atoms with Crippen LogP contribution < -0.4 is 5.32 Å². The summed E-state index contributed by atoms with van der Waals surface area (Å²) in [6.45, 7) is 5.60. The molecule has 3 heteroatoms. The molecule has 2 rings (SSSR count). The van der Waals surface area contributed by atoms with Crippen molar-refractivity contribution in [2.24, 2.45) is 0 Å². The number of halogens is 1. The third-order valence-corrected chi connectivity index (χ3v) is 4.99. The summed E-state index contributed by atoms with van der Waals surface area (Å²) in [5, 5.41) is 4.54. The second-order valence-electron chi connectivity index (χ2n) is 5.28. The van der Waals surface area contributed by atoms with E-state index < -0.39 is 0 Å². The minimum Gasteiger partial charge on any atom is -0.309 e. The normalized spacial score (nSPS) is 19.4. The van der Waals surface area contributed by atoms with Crippen molar-refractivity contribution in [3.8, 4) is 0 Å². The van der Waals surface area contributed by atoms with Gasteiger partial charge in [0, 0.05) is 22.4 Å². The van der Waals surface area contributed by atoms with Gasteiger partial charge in [0.1, 0.15) is 0 Å². The lowest BCUT2D eigenvalue weighted by Gasteiger charge is -2.25. The van der Waals surface area contributed by atoms with Crippen molar-refractivity contribution in [3.63, 3.8) is 0 Å². The van der Waals surface area contributed by atoms with Crippen LogP contribution in [0.5, 0.6) is 0 Å². The van der Waals surface area contributed by atoms with Gasteiger partial charge in [0.25, 0.3) is 0 Å². The number of benzene rings is 1. The van der Waals surface area contributed by atoms with Gasteiger partial charge in [-0.25, -0.2) is 0 Å². The molecule has 94 valence electrons. The number of aryl methyl sites for hydroxylation is 1. The van der Waals surface area contributed by atoms with Crippen LogP contribution in [0, 0.1) is 0 Å². The van der Waals surface area contributed by atoms with E-state index in [0.717, 1.165) is 18.0 Å². The molecule has 0 saturated heterocycles. The average molecular weight is 270 g/mol. The van der Waals surface area contributed by atoms with Crippen LogP contribution in [0.1, 0.15) is 37.4 Å². The van der Waals surface area contributed by atoms with Crippen molar-refractivity contribution in [2.45, 2.75) is 37.5 Å². The molecule has 1 unspecified atom stereocenters. The van der Waals surface area contributed by atoms with E-state index in [1.54, 1.807) is 0 Å². The van der Waals surface area contributed by atoms with Crippen LogP contribution in [0.2, 0.25) is 5.02 Å². The van der Waals surface area contributed by atoms with Gasteiger partial charge in [0.2, 0.25) is 0 Å². The monoisotopic (exact) mass is 269 g/mol. The van der Waals surface area contributed by atoms with Crippen molar-refractivity contribution in [3.05, 3.63) is 34.3 Å². The first-order valence-electron chi connectivity index (χ1n) is 6.09. The van der Waals surface area contributed by atoms with Crippen LogP contribution in [0.15, 0.2) is 18.2 Å². The fourth-order valence-corrected chi connectivity index (χ4v) is 2.66. The molecule has 0 heterocycles. The van der Waals surface area contributed by atoms with Gasteiger partial charge in [-0.15, -0.1) is 0 Å². The van der Waals surface area contributed by atoms with Gasteiger partial charge in [-0.2, -0.15) is 11.8 Å². The van der Waals surface area contributed by atoms with Crippen LogP contribution >= 0.6 is 23.4 Å². The molecule has 1 aromatic rings. The molecule has 1 aromatic carbocycles. The maximum atomic E-state index is 6.02. The summed E-state index contributed by atoms with van der Waals surface area (Å²) in [7, 11) is 0.